The van der Waals surface area contributed by atoms with Crippen LogP contribution in [0.2, 0.25) is 5.02 Å². The van der Waals surface area contributed by atoms with Crippen molar-refractivity contribution in [2.75, 3.05) is 0 Å². The summed E-state index contributed by atoms with van der Waals surface area (Å²) in [5.74, 6) is -0.0738. The molecule has 0 radical (unpaired) electrons. The monoisotopic (exact) mass is 365 g/mol. The Kier molecular flexibility index (Phi) is 4.76. The maximum atomic E-state index is 12.6. The highest BCUT2D eigenvalue weighted by molar-refractivity contribution is 6.30. The summed E-state index contributed by atoms with van der Waals surface area (Å²) in [6.45, 7) is 0.758. The molecule has 3 aromatic rings. The van der Waals surface area contributed by atoms with Crippen LogP contribution in [0.15, 0.2) is 60.8 Å². The number of halogens is 1. The predicted molar refractivity (Wildman–Crippen MR) is 102 cm³/mol. The van der Waals surface area contributed by atoms with Gasteiger partial charge >= 0.3 is 0 Å². The molecule has 1 aliphatic carbocycles. The van der Waals surface area contributed by atoms with Crippen molar-refractivity contribution >= 4 is 17.5 Å². The number of fused-ring (bicyclic) bond motifs is 1. The van der Waals surface area contributed by atoms with Crippen molar-refractivity contribution in [3.63, 3.8) is 0 Å². The highest BCUT2D eigenvalue weighted by atomic mass is 35.5. The Bertz CT molecular complexity index is 903. The Morgan fingerprint density at radius 2 is 1.92 bits per heavy atom. The quantitative estimate of drug-likeness (QED) is 0.745. The van der Waals surface area contributed by atoms with Crippen molar-refractivity contribution in [1.29, 1.82) is 0 Å². The van der Waals surface area contributed by atoms with Crippen LogP contribution in [0.1, 0.15) is 46.1 Å². The SMILES string of the molecule is O=C(NC1CCCc2c1cnn2Cc1ccccc1)c1ccc(Cl)cc1. The molecular weight excluding hydrogens is 346 g/mol. The molecule has 1 N–H and O–H groups in total. The zero-order chi connectivity index (χ0) is 17.9. The summed E-state index contributed by atoms with van der Waals surface area (Å²) >= 11 is 5.90. The van der Waals surface area contributed by atoms with Gasteiger partial charge in [0.1, 0.15) is 0 Å². The lowest BCUT2D eigenvalue weighted by Gasteiger charge is -2.24. The van der Waals surface area contributed by atoms with Crippen molar-refractivity contribution in [2.45, 2.75) is 31.8 Å². The van der Waals surface area contributed by atoms with Crippen LogP contribution in [0.4, 0.5) is 0 Å². The normalized spacial score (nSPS) is 16.1. The van der Waals surface area contributed by atoms with Crippen molar-refractivity contribution in [3.05, 3.63) is 88.2 Å². The maximum Gasteiger partial charge on any atom is 0.251 e. The van der Waals surface area contributed by atoms with Crippen LogP contribution in [-0.4, -0.2) is 15.7 Å². The van der Waals surface area contributed by atoms with Crippen molar-refractivity contribution in [3.8, 4) is 0 Å². The fourth-order valence-electron chi connectivity index (χ4n) is 3.50. The fourth-order valence-corrected chi connectivity index (χ4v) is 3.63. The molecule has 0 bridgehead atoms. The Morgan fingerprint density at radius 1 is 1.15 bits per heavy atom. The molecular formula is C21H20ClN3O. The smallest absolute Gasteiger partial charge is 0.251 e. The summed E-state index contributed by atoms with van der Waals surface area (Å²) in [7, 11) is 0. The summed E-state index contributed by atoms with van der Waals surface area (Å²) in [6.07, 6.45) is 4.88. The van der Waals surface area contributed by atoms with Gasteiger partial charge < -0.3 is 5.32 Å². The van der Waals surface area contributed by atoms with Crippen LogP contribution in [0, 0.1) is 0 Å². The number of aromatic nitrogens is 2. The molecule has 1 atom stereocenters. The summed E-state index contributed by atoms with van der Waals surface area (Å²) in [5, 5.41) is 8.36. The van der Waals surface area contributed by atoms with Crippen LogP contribution in [-0.2, 0) is 13.0 Å². The van der Waals surface area contributed by atoms with Crippen LogP contribution >= 0.6 is 11.6 Å². The number of benzene rings is 2. The van der Waals surface area contributed by atoms with Gasteiger partial charge in [-0.1, -0.05) is 41.9 Å². The zero-order valence-electron chi connectivity index (χ0n) is 14.4. The Labute approximate surface area is 157 Å². The maximum absolute atomic E-state index is 12.6. The molecule has 1 aromatic heterocycles. The van der Waals surface area contributed by atoms with Gasteiger partial charge in [0.05, 0.1) is 18.8 Å². The molecule has 1 amide bonds. The summed E-state index contributed by atoms with van der Waals surface area (Å²) < 4.78 is 2.06. The average Bonchev–Trinajstić information content (AvgIpc) is 3.07. The van der Waals surface area contributed by atoms with E-state index in [1.807, 2.05) is 24.4 Å². The molecule has 0 saturated heterocycles. The number of amides is 1. The van der Waals surface area contributed by atoms with Gasteiger partial charge in [0.15, 0.2) is 0 Å². The Morgan fingerprint density at radius 3 is 2.69 bits per heavy atom. The van der Waals surface area contributed by atoms with Gasteiger partial charge in [-0.15, -0.1) is 0 Å². The van der Waals surface area contributed by atoms with E-state index in [1.54, 1.807) is 24.3 Å². The van der Waals surface area contributed by atoms with Crippen LogP contribution in [0.25, 0.3) is 0 Å². The lowest BCUT2D eigenvalue weighted by atomic mass is 9.92. The average molecular weight is 366 g/mol. The Balaban J connectivity index is 1.52. The number of nitrogens with one attached hydrogen (secondary N) is 1. The number of nitrogens with zero attached hydrogens (tertiary/aromatic N) is 2. The molecule has 1 aliphatic rings. The highest BCUT2D eigenvalue weighted by Gasteiger charge is 2.25. The zero-order valence-corrected chi connectivity index (χ0v) is 15.1. The van der Waals surface area contributed by atoms with E-state index in [1.165, 1.54) is 11.3 Å². The third kappa shape index (κ3) is 3.51. The highest BCUT2D eigenvalue weighted by Crippen LogP contribution is 2.30. The van der Waals surface area contributed by atoms with Gasteiger partial charge in [-0.3, -0.25) is 9.48 Å². The molecule has 4 nitrogen and oxygen atoms in total. The van der Waals surface area contributed by atoms with E-state index in [4.69, 9.17) is 11.6 Å². The van der Waals surface area contributed by atoms with E-state index < -0.39 is 0 Å². The molecule has 0 spiro atoms. The first-order valence-corrected chi connectivity index (χ1v) is 9.23. The first-order valence-electron chi connectivity index (χ1n) is 8.85. The van der Waals surface area contributed by atoms with Crippen LogP contribution in [0.3, 0.4) is 0 Å². The van der Waals surface area contributed by atoms with Crippen molar-refractivity contribution < 1.29 is 4.79 Å². The van der Waals surface area contributed by atoms with E-state index in [9.17, 15) is 4.79 Å². The van der Waals surface area contributed by atoms with Gasteiger partial charge in [0.2, 0.25) is 0 Å². The second kappa shape index (κ2) is 7.34. The minimum atomic E-state index is -0.0738. The van der Waals surface area contributed by atoms with Gasteiger partial charge in [-0.25, -0.2) is 0 Å². The molecule has 5 heteroatoms. The topological polar surface area (TPSA) is 46.9 Å². The second-order valence-corrected chi connectivity index (χ2v) is 7.05. The van der Waals surface area contributed by atoms with Crippen LogP contribution in [0.5, 0.6) is 0 Å². The standard InChI is InChI=1S/C21H20ClN3O/c22-17-11-9-16(10-12-17)21(26)24-19-7-4-8-20-18(19)13-23-25(20)14-15-5-2-1-3-6-15/h1-3,5-6,9-13,19H,4,7-8,14H2,(H,24,26). The second-order valence-electron chi connectivity index (χ2n) is 6.62. The minimum Gasteiger partial charge on any atom is -0.345 e. The van der Waals surface area contributed by atoms with E-state index in [0.717, 1.165) is 31.4 Å². The lowest BCUT2D eigenvalue weighted by Crippen LogP contribution is -2.31. The molecule has 0 saturated carbocycles. The number of hydrogen-bond acceptors (Lipinski definition) is 2. The molecule has 0 fully saturated rings. The van der Waals surface area contributed by atoms with E-state index >= 15 is 0 Å². The lowest BCUT2D eigenvalue weighted by molar-refractivity contribution is 0.0932. The number of rotatable bonds is 4. The molecule has 4 rings (SSSR count). The number of hydrogen-bond donors (Lipinski definition) is 1. The minimum absolute atomic E-state index is 0.00597. The molecule has 2 aromatic carbocycles. The van der Waals surface area contributed by atoms with E-state index in [2.05, 4.69) is 27.2 Å². The first-order chi connectivity index (χ1) is 12.7. The van der Waals surface area contributed by atoms with Crippen LogP contribution < -0.4 is 5.32 Å². The third-order valence-electron chi connectivity index (χ3n) is 4.85. The molecule has 1 heterocycles. The Hall–Kier alpha value is -2.59. The summed E-state index contributed by atoms with van der Waals surface area (Å²) in [5.41, 5.74) is 4.21. The molecule has 26 heavy (non-hydrogen) atoms. The van der Waals surface area contributed by atoms with Gasteiger partial charge in [0, 0.05) is 21.8 Å². The number of carbonyl (C=O) groups is 1. The molecule has 1 unspecified atom stereocenters. The van der Waals surface area contributed by atoms with E-state index in [-0.39, 0.29) is 11.9 Å². The predicted octanol–water partition coefficient (Wildman–Crippen LogP) is 4.39. The summed E-state index contributed by atoms with van der Waals surface area (Å²) in [4.78, 5) is 12.6. The first kappa shape index (κ1) is 16.9. The van der Waals surface area contributed by atoms with Crippen molar-refractivity contribution in [1.82, 2.24) is 15.1 Å². The largest absolute Gasteiger partial charge is 0.345 e. The molecule has 132 valence electrons. The third-order valence-corrected chi connectivity index (χ3v) is 5.10. The van der Waals surface area contributed by atoms with E-state index in [0.29, 0.717) is 10.6 Å². The van der Waals surface area contributed by atoms with Gasteiger partial charge in [-0.05, 0) is 49.1 Å². The molecule has 0 aliphatic heterocycles. The summed E-state index contributed by atoms with van der Waals surface area (Å²) in [6, 6.07) is 17.3. The van der Waals surface area contributed by atoms with Gasteiger partial charge in [0.25, 0.3) is 5.91 Å². The fraction of sp³-hybridized carbons (Fsp3) is 0.238. The van der Waals surface area contributed by atoms with Gasteiger partial charge in [-0.2, -0.15) is 5.10 Å². The van der Waals surface area contributed by atoms with Crippen molar-refractivity contribution in [2.24, 2.45) is 0 Å². The number of carbonyl (C=O) groups excluding carboxylic acids is 1.